The van der Waals surface area contributed by atoms with Crippen molar-refractivity contribution in [1.82, 2.24) is 10.2 Å². The van der Waals surface area contributed by atoms with E-state index in [1.807, 2.05) is 62.4 Å². The van der Waals surface area contributed by atoms with Crippen LogP contribution in [0.1, 0.15) is 11.1 Å². The van der Waals surface area contributed by atoms with Crippen LogP contribution in [0.4, 0.5) is 5.69 Å². The molecule has 5 nitrogen and oxygen atoms in total. The Balaban J connectivity index is 1.40. The van der Waals surface area contributed by atoms with Crippen LogP contribution < -0.4 is 5.32 Å². The molecule has 0 fully saturated rings. The van der Waals surface area contributed by atoms with Gasteiger partial charge in [-0.1, -0.05) is 48.2 Å². The Morgan fingerprint density at radius 1 is 0.964 bits per heavy atom. The molecule has 4 rings (SSSR count). The first-order chi connectivity index (χ1) is 13.6. The molecule has 4 aromatic rings. The Bertz CT molecular complexity index is 1130. The summed E-state index contributed by atoms with van der Waals surface area (Å²) in [4.78, 5) is 12.2. The predicted molar refractivity (Wildman–Crippen MR) is 113 cm³/mol. The average molecular weight is 389 g/mol. The van der Waals surface area contributed by atoms with Crippen molar-refractivity contribution < 1.29 is 9.21 Å². The van der Waals surface area contributed by atoms with Gasteiger partial charge in [0.25, 0.3) is 5.22 Å². The Morgan fingerprint density at radius 3 is 2.50 bits per heavy atom. The standard InChI is InChI=1S/C22H19N3O2S/c1-14-9-15(2)11-19(10-14)23-20(26)13-28-22-25-24-21(27-22)18-8-7-16-5-3-4-6-17(16)12-18/h3-12H,13H2,1-2H3,(H,23,26). The molecule has 0 spiro atoms. The van der Waals surface area contributed by atoms with E-state index in [-0.39, 0.29) is 11.7 Å². The van der Waals surface area contributed by atoms with E-state index in [1.165, 1.54) is 11.8 Å². The maximum atomic E-state index is 12.2. The molecular weight excluding hydrogens is 370 g/mol. The number of amides is 1. The van der Waals surface area contributed by atoms with Gasteiger partial charge >= 0.3 is 0 Å². The fourth-order valence-corrected chi connectivity index (χ4v) is 3.64. The molecule has 0 aliphatic heterocycles. The largest absolute Gasteiger partial charge is 0.411 e. The number of rotatable bonds is 5. The number of anilines is 1. The van der Waals surface area contributed by atoms with Gasteiger partial charge in [0.05, 0.1) is 5.75 Å². The number of aromatic nitrogens is 2. The Kier molecular flexibility index (Phi) is 5.12. The van der Waals surface area contributed by atoms with Gasteiger partial charge in [-0.3, -0.25) is 4.79 Å². The summed E-state index contributed by atoms with van der Waals surface area (Å²) in [6, 6.07) is 20.1. The highest BCUT2D eigenvalue weighted by atomic mass is 32.2. The molecule has 0 aliphatic rings. The number of carbonyl (C=O) groups is 1. The SMILES string of the molecule is Cc1cc(C)cc(NC(=O)CSc2nnc(-c3ccc4ccccc4c3)o2)c1. The van der Waals surface area contributed by atoms with Crippen LogP contribution in [-0.4, -0.2) is 21.9 Å². The van der Waals surface area contributed by atoms with E-state index in [0.717, 1.165) is 33.2 Å². The number of thioether (sulfide) groups is 1. The minimum atomic E-state index is -0.111. The van der Waals surface area contributed by atoms with E-state index >= 15 is 0 Å². The number of fused-ring (bicyclic) bond motifs is 1. The lowest BCUT2D eigenvalue weighted by molar-refractivity contribution is -0.113. The lowest BCUT2D eigenvalue weighted by Gasteiger charge is -2.06. The minimum Gasteiger partial charge on any atom is -0.411 e. The Hall–Kier alpha value is -3.12. The van der Waals surface area contributed by atoms with Gasteiger partial charge in [0.15, 0.2) is 0 Å². The molecule has 0 radical (unpaired) electrons. The van der Waals surface area contributed by atoms with Gasteiger partial charge in [-0.25, -0.2) is 0 Å². The van der Waals surface area contributed by atoms with Crippen molar-refractivity contribution in [1.29, 1.82) is 0 Å². The first kappa shape index (κ1) is 18.3. The van der Waals surface area contributed by atoms with E-state index in [1.54, 1.807) is 0 Å². The van der Waals surface area contributed by atoms with Gasteiger partial charge in [0, 0.05) is 11.3 Å². The van der Waals surface area contributed by atoms with Crippen LogP contribution >= 0.6 is 11.8 Å². The molecule has 0 unspecified atom stereocenters. The molecule has 28 heavy (non-hydrogen) atoms. The van der Waals surface area contributed by atoms with E-state index in [0.29, 0.717) is 11.1 Å². The number of aryl methyl sites for hydroxylation is 2. The molecule has 1 N–H and O–H groups in total. The van der Waals surface area contributed by atoms with E-state index in [4.69, 9.17) is 4.42 Å². The predicted octanol–water partition coefficient (Wildman–Crippen LogP) is 5.24. The number of hydrogen-bond donors (Lipinski definition) is 1. The maximum Gasteiger partial charge on any atom is 0.277 e. The van der Waals surface area contributed by atoms with Crippen molar-refractivity contribution in [3.05, 3.63) is 71.8 Å². The zero-order valence-corrected chi connectivity index (χ0v) is 16.4. The summed E-state index contributed by atoms with van der Waals surface area (Å²) in [5.74, 6) is 0.537. The highest BCUT2D eigenvalue weighted by Gasteiger charge is 2.12. The van der Waals surface area contributed by atoms with E-state index in [2.05, 4.69) is 27.6 Å². The van der Waals surface area contributed by atoms with Gasteiger partial charge in [-0.05, 0) is 60.0 Å². The van der Waals surface area contributed by atoms with Gasteiger partial charge < -0.3 is 9.73 Å². The molecule has 0 atom stereocenters. The van der Waals surface area contributed by atoms with Crippen molar-refractivity contribution in [3.63, 3.8) is 0 Å². The van der Waals surface area contributed by atoms with Crippen LogP contribution in [0.5, 0.6) is 0 Å². The zero-order valence-electron chi connectivity index (χ0n) is 15.6. The first-order valence-electron chi connectivity index (χ1n) is 8.90. The smallest absolute Gasteiger partial charge is 0.277 e. The monoisotopic (exact) mass is 389 g/mol. The summed E-state index contributed by atoms with van der Waals surface area (Å²) in [6.45, 7) is 4.01. The van der Waals surface area contributed by atoms with Crippen LogP contribution in [0.2, 0.25) is 0 Å². The quantitative estimate of drug-likeness (QED) is 0.473. The van der Waals surface area contributed by atoms with Crippen molar-refractivity contribution in [2.75, 3.05) is 11.1 Å². The van der Waals surface area contributed by atoms with Gasteiger partial charge in [0.1, 0.15) is 0 Å². The summed E-state index contributed by atoms with van der Waals surface area (Å²) in [6.07, 6.45) is 0. The van der Waals surface area contributed by atoms with E-state index < -0.39 is 0 Å². The summed E-state index contributed by atoms with van der Waals surface area (Å²) in [5.41, 5.74) is 3.88. The van der Waals surface area contributed by atoms with Crippen LogP contribution in [-0.2, 0) is 4.79 Å². The molecule has 140 valence electrons. The van der Waals surface area contributed by atoms with Crippen molar-refractivity contribution >= 4 is 34.1 Å². The third-order valence-corrected chi connectivity index (χ3v) is 5.05. The number of hydrogen-bond acceptors (Lipinski definition) is 5. The van der Waals surface area contributed by atoms with Crippen LogP contribution in [0.25, 0.3) is 22.2 Å². The molecule has 3 aromatic carbocycles. The topological polar surface area (TPSA) is 68.0 Å². The average Bonchev–Trinajstić information content (AvgIpc) is 3.14. The third kappa shape index (κ3) is 4.23. The minimum absolute atomic E-state index is 0.111. The molecular formula is C22H19N3O2S. The van der Waals surface area contributed by atoms with Crippen LogP contribution in [0, 0.1) is 13.8 Å². The zero-order chi connectivity index (χ0) is 19.5. The molecule has 0 aliphatic carbocycles. The molecule has 6 heteroatoms. The summed E-state index contributed by atoms with van der Waals surface area (Å²) < 4.78 is 5.72. The summed E-state index contributed by atoms with van der Waals surface area (Å²) in [5, 5.41) is 13.7. The highest BCUT2D eigenvalue weighted by molar-refractivity contribution is 7.99. The molecule has 1 aromatic heterocycles. The Morgan fingerprint density at radius 2 is 1.71 bits per heavy atom. The molecule has 1 heterocycles. The normalized spacial score (nSPS) is 10.9. The van der Waals surface area contributed by atoms with Gasteiger partial charge in [0.2, 0.25) is 11.8 Å². The van der Waals surface area contributed by atoms with Crippen molar-refractivity contribution in [2.24, 2.45) is 0 Å². The van der Waals surface area contributed by atoms with Crippen molar-refractivity contribution in [3.8, 4) is 11.5 Å². The highest BCUT2D eigenvalue weighted by Crippen LogP contribution is 2.26. The number of carbonyl (C=O) groups excluding carboxylic acids is 1. The second-order valence-corrected chi connectivity index (χ2v) is 7.57. The summed E-state index contributed by atoms with van der Waals surface area (Å²) in [7, 11) is 0. The fraction of sp³-hybridized carbons (Fsp3) is 0.136. The summed E-state index contributed by atoms with van der Waals surface area (Å²) >= 11 is 1.22. The van der Waals surface area contributed by atoms with Crippen LogP contribution in [0.15, 0.2) is 70.3 Å². The third-order valence-electron chi connectivity index (χ3n) is 4.24. The number of benzene rings is 3. The lowest BCUT2D eigenvalue weighted by Crippen LogP contribution is -2.14. The second-order valence-electron chi connectivity index (χ2n) is 6.65. The Labute approximate surface area is 167 Å². The number of nitrogens with zero attached hydrogens (tertiary/aromatic N) is 2. The van der Waals surface area contributed by atoms with Gasteiger partial charge in [-0.2, -0.15) is 0 Å². The lowest BCUT2D eigenvalue weighted by atomic mass is 10.1. The van der Waals surface area contributed by atoms with Gasteiger partial charge in [-0.15, -0.1) is 10.2 Å². The molecule has 0 saturated carbocycles. The fourth-order valence-electron chi connectivity index (χ4n) is 3.08. The molecule has 1 amide bonds. The molecule has 0 saturated heterocycles. The molecule has 0 bridgehead atoms. The van der Waals surface area contributed by atoms with E-state index in [9.17, 15) is 4.79 Å². The maximum absolute atomic E-state index is 12.2. The van der Waals surface area contributed by atoms with Crippen molar-refractivity contribution in [2.45, 2.75) is 19.1 Å². The van der Waals surface area contributed by atoms with Crippen LogP contribution in [0.3, 0.4) is 0 Å². The number of nitrogens with one attached hydrogen (secondary N) is 1. The first-order valence-corrected chi connectivity index (χ1v) is 9.89. The second kappa shape index (κ2) is 7.86.